The number of nitrogens with two attached hydrogens (primary N) is 1. The summed E-state index contributed by atoms with van der Waals surface area (Å²) in [6.45, 7) is 5.51. The van der Waals surface area contributed by atoms with Crippen molar-refractivity contribution in [3.8, 4) is 0 Å². The van der Waals surface area contributed by atoms with Gasteiger partial charge in [-0.25, -0.2) is 9.98 Å². The van der Waals surface area contributed by atoms with E-state index in [2.05, 4.69) is 50.3 Å². The van der Waals surface area contributed by atoms with E-state index in [1.54, 1.807) is 0 Å². The van der Waals surface area contributed by atoms with Crippen LogP contribution in [0.25, 0.3) is 0 Å². The molecule has 6 heteroatoms. The van der Waals surface area contributed by atoms with Crippen molar-refractivity contribution in [1.82, 2.24) is 15.2 Å². The van der Waals surface area contributed by atoms with Gasteiger partial charge in [-0.15, -0.1) is 0 Å². The number of hydrogen-bond donors (Lipinski definition) is 2. The number of nitrogens with one attached hydrogen (secondary N) is 1. The Bertz CT molecular complexity index is 707. The second kappa shape index (κ2) is 9.20. The van der Waals surface area contributed by atoms with Crippen molar-refractivity contribution in [3.63, 3.8) is 0 Å². The third-order valence-corrected chi connectivity index (χ3v) is 4.63. The Labute approximate surface area is 155 Å². The molecule has 0 bridgehead atoms. The van der Waals surface area contributed by atoms with Crippen molar-refractivity contribution in [1.29, 1.82) is 0 Å². The van der Waals surface area contributed by atoms with Gasteiger partial charge in [0, 0.05) is 38.9 Å². The standard InChI is InChI=1S/C20H28N6/c1-25-11-13-26(14-12-25)19-15-18(8-9-22-19)16-24-20(21)23-10-7-17-5-3-2-4-6-17/h2-6,8-9,15H,7,10-14,16H2,1H3,(H3,21,23,24). The average Bonchev–Trinajstić information content (AvgIpc) is 2.68. The fourth-order valence-corrected chi connectivity index (χ4v) is 2.98. The van der Waals surface area contributed by atoms with E-state index >= 15 is 0 Å². The molecule has 0 radical (unpaired) electrons. The number of hydrogen-bond acceptors (Lipinski definition) is 4. The second-order valence-corrected chi connectivity index (χ2v) is 6.68. The molecule has 1 saturated heterocycles. The predicted molar refractivity (Wildman–Crippen MR) is 107 cm³/mol. The van der Waals surface area contributed by atoms with Crippen LogP contribution in [-0.2, 0) is 13.0 Å². The van der Waals surface area contributed by atoms with Gasteiger partial charge in [-0.1, -0.05) is 30.3 Å². The number of aliphatic imine (C=N–C) groups is 1. The van der Waals surface area contributed by atoms with Crippen molar-refractivity contribution in [3.05, 3.63) is 59.8 Å². The lowest BCUT2D eigenvalue weighted by Gasteiger charge is -2.33. The first-order valence-electron chi connectivity index (χ1n) is 9.17. The number of guanidine groups is 1. The van der Waals surface area contributed by atoms with Gasteiger partial charge in [0.25, 0.3) is 0 Å². The number of anilines is 1. The molecule has 6 nitrogen and oxygen atoms in total. The van der Waals surface area contributed by atoms with E-state index in [0.717, 1.165) is 50.5 Å². The van der Waals surface area contributed by atoms with Crippen LogP contribution < -0.4 is 16.0 Å². The molecule has 0 amide bonds. The van der Waals surface area contributed by atoms with Crippen LogP contribution in [0.1, 0.15) is 11.1 Å². The molecular weight excluding hydrogens is 324 g/mol. The van der Waals surface area contributed by atoms with E-state index in [0.29, 0.717) is 12.5 Å². The highest BCUT2D eigenvalue weighted by Gasteiger charge is 2.15. The zero-order valence-electron chi connectivity index (χ0n) is 15.4. The summed E-state index contributed by atoms with van der Waals surface area (Å²) in [6.07, 6.45) is 2.79. The first kappa shape index (κ1) is 18.2. The molecule has 3 N–H and O–H groups in total. The van der Waals surface area contributed by atoms with Gasteiger partial charge in [-0.05, 0) is 36.7 Å². The average molecular weight is 352 g/mol. The quantitative estimate of drug-likeness (QED) is 0.609. The van der Waals surface area contributed by atoms with Crippen molar-refractivity contribution in [2.75, 3.05) is 44.7 Å². The van der Waals surface area contributed by atoms with Crippen LogP contribution >= 0.6 is 0 Å². The number of aromatic nitrogens is 1. The maximum Gasteiger partial charge on any atom is 0.188 e. The summed E-state index contributed by atoms with van der Waals surface area (Å²) in [5, 5.41) is 3.18. The summed E-state index contributed by atoms with van der Waals surface area (Å²) in [7, 11) is 2.16. The molecule has 2 aromatic rings. The molecule has 0 saturated carbocycles. The molecule has 1 aromatic heterocycles. The second-order valence-electron chi connectivity index (χ2n) is 6.68. The lowest BCUT2D eigenvalue weighted by molar-refractivity contribution is 0.312. The molecule has 26 heavy (non-hydrogen) atoms. The minimum Gasteiger partial charge on any atom is -0.370 e. The fourth-order valence-electron chi connectivity index (χ4n) is 2.98. The molecule has 2 heterocycles. The Balaban J connectivity index is 1.48. The monoisotopic (exact) mass is 352 g/mol. The van der Waals surface area contributed by atoms with Crippen molar-refractivity contribution in [2.24, 2.45) is 10.7 Å². The molecule has 1 aromatic carbocycles. The highest BCUT2D eigenvalue weighted by molar-refractivity contribution is 5.77. The maximum atomic E-state index is 5.99. The molecule has 0 spiro atoms. The molecule has 1 fully saturated rings. The van der Waals surface area contributed by atoms with Crippen LogP contribution in [0.15, 0.2) is 53.7 Å². The largest absolute Gasteiger partial charge is 0.370 e. The van der Waals surface area contributed by atoms with E-state index < -0.39 is 0 Å². The number of piperazine rings is 1. The lowest BCUT2D eigenvalue weighted by Crippen LogP contribution is -2.44. The molecule has 1 aliphatic rings. The Kier molecular flexibility index (Phi) is 6.44. The van der Waals surface area contributed by atoms with Gasteiger partial charge in [0.1, 0.15) is 5.82 Å². The summed E-state index contributed by atoms with van der Waals surface area (Å²) < 4.78 is 0. The minimum atomic E-state index is 0.485. The van der Waals surface area contributed by atoms with Crippen LogP contribution in [0.5, 0.6) is 0 Å². The van der Waals surface area contributed by atoms with E-state index in [9.17, 15) is 0 Å². The summed E-state index contributed by atoms with van der Waals surface area (Å²) in [6, 6.07) is 14.5. The number of nitrogens with zero attached hydrogens (tertiary/aromatic N) is 4. The topological polar surface area (TPSA) is 69.8 Å². The van der Waals surface area contributed by atoms with Gasteiger partial charge in [0.2, 0.25) is 0 Å². The Morgan fingerprint density at radius 1 is 1.12 bits per heavy atom. The molecular formula is C20H28N6. The maximum absolute atomic E-state index is 5.99. The first-order chi connectivity index (χ1) is 12.7. The summed E-state index contributed by atoms with van der Waals surface area (Å²) in [5.41, 5.74) is 8.41. The molecule has 1 aliphatic heterocycles. The van der Waals surface area contributed by atoms with Crippen LogP contribution in [0.4, 0.5) is 5.82 Å². The van der Waals surface area contributed by atoms with Crippen LogP contribution in [-0.4, -0.2) is 55.6 Å². The number of likely N-dealkylation sites (N-methyl/N-ethyl adjacent to an activating group) is 1. The van der Waals surface area contributed by atoms with Crippen LogP contribution in [0, 0.1) is 0 Å². The van der Waals surface area contributed by atoms with Gasteiger partial charge >= 0.3 is 0 Å². The van der Waals surface area contributed by atoms with Gasteiger partial charge in [0.15, 0.2) is 5.96 Å². The molecule has 0 atom stereocenters. The Morgan fingerprint density at radius 2 is 1.88 bits per heavy atom. The normalized spacial score (nSPS) is 15.9. The predicted octanol–water partition coefficient (Wildman–Crippen LogP) is 1.48. The number of pyridine rings is 1. The lowest BCUT2D eigenvalue weighted by atomic mass is 10.1. The summed E-state index contributed by atoms with van der Waals surface area (Å²) in [4.78, 5) is 13.6. The van der Waals surface area contributed by atoms with E-state index in [1.165, 1.54) is 5.56 Å². The Morgan fingerprint density at radius 3 is 2.65 bits per heavy atom. The molecule has 138 valence electrons. The smallest absolute Gasteiger partial charge is 0.188 e. The van der Waals surface area contributed by atoms with Crippen molar-refractivity contribution < 1.29 is 0 Å². The highest BCUT2D eigenvalue weighted by Crippen LogP contribution is 2.15. The minimum absolute atomic E-state index is 0.485. The van der Waals surface area contributed by atoms with Gasteiger partial charge < -0.3 is 20.9 Å². The van der Waals surface area contributed by atoms with Crippen molar-refractivity contribution >= 4 is 11.8 Å². The third kappa shape index (κ3) is 5.46. The van der Waals surface area contributed by atoms with Crippen molar-refractivity contribution in [2.45, 2.75) is 13.0 Å². The molecule has 0 unspecified atom stereocenters. The van der Waals surface area contributed by atoms with Crippen LogP contribution in [0.3, 0.4) is 0 Å². The van der Waals surface area contributed by atoms with Crippen LogP contribution in [0.2, 0.25) is 0 Å². The van der Waals surface area contributed by atoms with Gasteiger partial charge in [-0.3, -0.25) is 0 Å². The van der Waals surface area contributed by atoms with E-state index in [1.807, 2.05) is 30.5 Å². The highest BCUT2D eigenvalue weighted by atomic mass is 15.3. The summed E-state index contributed by atoms with van der Waals surface area (Å²) >= 11 is 0. The molecule has 3 rings (SSSR count). The van der Waals surface area contributed by atoms with Gasteiger partial charge in [-0.2, -0.15) is 0 Å². The zero-order chi connectivity index (χ0) is 18.2. The number of benzene rings is 1. The molecule has 0 aliphatic carbocycles. The van der Waals surface area contributed by atoms with E-state index in [-0.39, 0.29) is 0 Å². The third-order valence-electron chi connectivity index (χ3n) is 4.63. The fraction of sp³-hybridized carbons (Fsp3) is 0.400. The van der Waals surface area contributed by atoms with Gasteiger partial charge in [0.05, 0.1) is 6.54 Å². The summed E-state index contributed by atoms with van der Waals surface area (Å²) in [5.74, 6) is 1.51. The SMILES string of the molecule is CN1CCN(c2cc(CN=C(N)NCCc3ccccc3)ccn2)CC1. The Hall–Kier alpha value is -2.60. The van der Waals surface area contributed by atoms with E-state index in [4.69, 9.17) is 5.73 Å². The first-order valence-corrected chi connectivity index (χ1v) is 9.17. The number of rotatable bonds is 6. The zero-order valence-corrected chi connectivity index (χ0v) is 15.4.